The summed E-state index contributed by atoms with van der Waals surface area (Å²) in [5.41, 5.74) is 3.79. The van der Waals surface area contributed by atoms with E-state index >= 15 is 0 Å². The number of aromatic nitrogens is 2. The number of nitriles is 1. The number of carbonyl (C=O) groups is 1. The Labute approximate surface area is 215 Å². The van der Waals surface area contributed by atoms with Crippen LogP contribution in [0.1, 0.15) is 17.2 Å². The Morgan fingerprint density at radius 3 is 2.19 bits per heavy atom. The van der Waals surface area contributed by atoms with Gasteiger partial charge in [0.25, 0.3) is 0 Å². The quantitative estimate of drug-likeness (QED) is 0.417. The number of hydrogen-bond acceptors (Lipinski definition) is 6. The molecule has 1 aliphatic heterocycles. The third-order valence-corrected chi connectivity index (χ3v) is 6.57. The van der Waals surface area contributed by atoms with Gasteiger partial charge in [-0.05, 0) is 48.4 Å². The number of rotatable bonds is 7. The van der Waals surface area contributed by atoms with Gasteiger partial charge in [0.1, 0.15) is 11.5 Å². The van der Waals surface area contributed by atoms with Gasteiger partial charge in [-0.2, -0.15) is 5.26 Å². The van der Waals surface area contributed by atoms with Gasteiger partial charge in [0, 0.05) is 38.4 Å². The summed E-state index contributed by atoms with van der Waals surface area (Å²) >= 11 is 0. The highest BCUT2D eigenvalue weighted by Crippen LogP contribution is 2.29. The van der Waals surface area contributed by atoms with Crippen molar-refractivity contribution in [1.82, 2.24) is 15.3 Å². The van der Waals surface area contributed by atoms with Gasteiger partial charge >= 0.3 is 0 Å². The van der Waals surface area contributed by atoms with Gasteiger partial charge in [0.15, 0.2) is 11.7 Å². The second kappa shape index (κ2) is 11.0. The first kappa shape index (κ1) is 24.2. The van der Waals surface area contributed by atoms with E-state index in [-0.39, 0.29) is 11.7 Å². The van der Waals surface area contributed by atoms with Crippen LogP contribution in [0.25, 0.3) is 11.0 Å². The van der Waals surface area contributed by atoms with E-state index in [9.17, 15) is 14.4 Å². The summed E-state index contributed by atoms with van der Waals surface area (Å²) in [5, 5.41) is 12.9. The summed E-state index contributed by atoms with van der Waals surface area (Å²) in [6, 6.07) is 26.0. The molecule has 5 rings (SSSR count). The molecule has 8 heteroatoms. The predicted octanol–water partition coefficient (Wildman–Crippen LogP) is 4.06. The van der Waals surface area contributed by atoms with Crippen LogP contribution < -0.4 is 15.1 Å². The number of anilines is 2. The molecule has 0 unspecified atom stereocenters. The minimum atomic E-state index is -1.09. The van der Waals surface area contributed by atoms with Crippen LogP contribution in [0.5, 0.6) is 0 Å². The molecule has 1 aromatic heterocycles. The van der Waals surface area contributed by atoms with E-state index in [1.165, 1.54) is 12.1 Å². The highest BCUT2D eigenvalue weighted by Gasteiger charge is 2.30. The Morgan fingerprint density at radius 1 is 0.892 bits per heavy atom. The van der Waals surface area contributed by atoms with E-state index in [2.05, 4.69) is 21.2 Å². The zero-order valence-electron chi connectivity index (χ0n) is 20.3. The molecule has 0 spiro atoms. The van der Waals surface area contributed by atoms with Crippen molar-refractivity contribution in [2.45, 2.75) is 12.3 Å². The average molecular weight is 495 g/mol. The Balaban J connectivity index is 1.37. The van der Waals surface area contributed by atoms with Crippen molar-refractivity contribution in [1.29, 1.82) is 5.26 Å². The second-order valence-corrected chi connectivity index (χ2v) is 8.96. The Kier molecular flexibility index (Phi) is 7.22. The number of halogens is 1. The fourth-order valence-corrected chi connectivity index (χ4v) is 4.58. The minimum absolute atomic E-state index is 0.261. The number of piperazine rings is 1. The molecular weight excluding hydrogens is 467 g/mol. The first-order chi connectivity index (χ1) is 18.1. The third kappa shape index (κ3) is 5.51. The molecule has 1 aliphatic rings. The molecule has 1 atom stereocenters. The van der Waals surface area contributed by atoms with E-state index in [1.54, 1.807) is 12.1 Å². The number of nitrogens with zero attached hydrogens (tertiary/aromatic N) is 5. The summed E-state index contributed by atoms with van der Waals surface area (Å²) in [6.45, 7) is 3.07. The Hall–Kier alpha value is -4.51. The first-order valence-electron chi connectivity index (χ1n) is 12.4. The standard InChI is InChI=1S/C29H27FN6O/c30-22-10-12-23(13-11-22)35-16-18-36(19-17-35)28-27(33-25-8-4-5-9-26(25)34-28)24(20-31)29(37)32-15-14-21-6-2-1-3-7-21/h1-13,24H,14-19H2,(H,32,37)/t24-/m1/s1. The fraction of sp³-hybridized carbons (Fsp3) is 0.241. The van der Waals surface area contributed by atoms with Crippen LogP contribution in [0.4, 0.5) is 15.9 Å². The molecule has 2 heterocycles. The van der Waals surface area contributed by atoms with E-state index in [4.69, 9.17) is 9.97 Å². The largest absolute Gasteiger partial charge is 0.368 e. The van der Waals surface area contributed by atoms with Crippen LogP contribution in [0.15, 0.2) is 78.9 Å². The van der Waals surface area contributed by atoms with Gasteiger partial charge in [-0.25, -0.2) is 14.4 Å². The fourth-order valence-electron chi connectivity index (χ4n) is 4.58. The average Bonchev–Trinajstić information content (AvgIpc) is 2.94. The van der Waals surface area contributed by atoms with Gasteiger partial charge < -0.3 is 15.1 Å². The van der Waals surface area contributed by atoms with Crippen LogP contribution in [-0.2, 0) is 11.2 Å². The number of nitrogens with one attached hydrogen (secondary N) is 1. The lowest BCUT2D eigenvalue weighted by atomic mass is 10.0. The smallest absolute Gasteiger partial charge is 0.243 e. The molecule has 1 amide bonds. The molecule has 0 bridgehead atoms. The van der Waals surface area contributed by atoms with Crippen LogP contribution in [0.3, 0.4) is 0 Å². The van der Waals surface area contributed by atoms with E-state index < -0.39 is 5.92 Å². The highest BCUT2D eigenvalue weighted by atomic mass is 19.1. The normalized spacial score (nSPS) is 14.3. The Bertz CT molecular complexity index is 1410. The number of fused-ring (bicyclic) bond motifs is 1. The summed E-state index contributed by atoms with van der Waals surface area (Å²) < 4.78 is 13.3. The van der Waals surface area contributed by atoms with E-state index in [0.717, 1.165) is 11.3 Å². The molecule has 37 heavy (non-hydrogen) atoms. The zero-order valence-corrected chi connectivity index (χ0v) is 20.3. The maximum absolute atomic E-state index is 13.3. The van der Waals surface area contributed by atoms with Crippen molar-refractivity contribution in [2.75, 3.05) is 42.5 Å². The van der Waals surface area contributed by atoms with Crippen molar-refractivity contribution < 1.29 is 9.18 Å². The topological polar surface area (TPSA) is 85.1 Å². The van der Waals surface area contributed by atoms with Crippen molar-refractivity contribution in [3.63, 3.8) is 0 Å². The van der Waals surface area contributed by atoms with Crippen LogP contribution in [0, 0.1) is 17.1 Å². The molecule has 3 aromatic carbocycles. The molecule has 186 valence electrons. The molecule has 7 nitrogen and oxygen atoms in total. The Morgan fingerprint density at radius 2 is 1.51 bits per heavy atom. The number of carbonyl (C=O) groups excluding carboxylic acids is 1. The summed E-state index contributed by atoms with van der Waals surface area (Å²) in [6.07, 6.45) is 0.673. The van der Waals surface area contributed by atoms with Gasteiger partial charge in [-0.15, -0.1) is 0 Å². The molecular formula is C29H27FN6O. The summed E-state index contributed by atoms with van der Waals surface area (Å²) in [5.74, 6) is -1.17. The predicted molar refractivity (Wildman–Crippen MR) is 142 cm³/mol. The summed E-state index contributed by atoms with van der Waals surface area (Å²) in [7, 11) is 0. The maximum atomic E-state index is 13.3. The highest BCUT2D eigenvalue weighted by molar-refractivity contribution is 5.89. The van der Waals surface area contributed by atoms with Crippen LogP contribution in [-0.4, -0.2) is 48.6 Å². The number of amides is 1. The minimum Gasteiger partial charge on any atom is -0.368 e. The van der Waals surface area contributed by atoms with Crippen molar-refractivity contribution >= 4 is 28.4 Å². The summed E-state index contributed by atoms with van der Waals surface area (Å²) in [4.78, 5) is 27.0. The number of hydrogen-bond donors (Lipinski definition) is 1. The second-order valence-electron chi connectivity index (χ2n) is 8.96. The molecule has 1 N–H and O–H groups in total. The van der Waals surface area contributed by atoms with E-state index in [0.29, 0.717) is 61.7 Å². The molecule has 0 saturated carbocycles. The third-order valence-electron chi connectivity index (χ3n) is 6.57. The molecule has 1 fully saturated rings. The van der Waals surface area contributed by atoms with Gasteiger partial charge in [-0.3, -0.25) is 4.79 Å². The van der Waals surface area contributed by atoms with Gasteiger partial charge in [-0.1, -0.05) is 42.5 Å². The molecule has 0 aliphatic carbocycles. The van der Waals surface area contributed by atoms with Crippen molar-refractivity contribution in [2.24, 2.45) is 0 Å². The number of para-hydroxylation sites is 2. The zero-order chi connectivity index (χ0) is 25.6. The van der Waals surface area contributed by atoms with Gasteiger partial charge in [0.05, 0.1) is 17.1 Å². The first-order valence-corrected chi connectivity index (χ1v) is 12.4. The lowest BCUT2D eigenvalue weighted by Gasteiger charge is -2.37. The van der Waals surface area contributed by atoms with Crippen molar-refractivity contribution in [3.05, 3.63) is 95.9 Å². The monoisotopic (exact) mass is 494 g/mol. The lowest BCUT2D eigenvalue weighted by molar-refractivity contribution is -0.121. The lowest BCUT2D eigenvalue weighted by Crippen LogP contribution is -2.47. The van der Waals surface area contributed by atoms with Gasteiger partial charge in [0.2, 0.25) is 5.91 Å². The van der Waals surface area contributed by atoms with Crippen LogP contribution in [0.2, 0.25) is 0 Å². The van der Waals surface area contributed by atoms with Crippen LogP contribution >= 0.6 is 0 Å². The molecule has 4 aromatic rings. The number of benzene rings is 3. The van der Waals surface area contributed by atoms with Crippen molar-refractivity contribution in [3.8, 4) is 6.07 Å². The molecule has 0 radical (unpaired) electrons. The van der Waals surface area contributed by atoms with E-state index in [1.807, 2.05) is 54.6 Å². The maximum Gasteiger partial charge on any atom is 0.243 e. The molecule has 1 saturated heterocycles. The SMILES string of the molecule is N#C[C@@H](C(=O)NCCc1ccccc1)c1nc2ccccc2nc1N1CCN(c2ccc(F)cc2)CC1.